The lowest BCUT2D eigenvalue weighted by molar-refractivity contribution is 0.549. The van der Waals surface area contributed by atoms with E-state index in [0.29, 0.717) is 11.1 Å². The van der Waals surface area contributed by atoms with Gasteiger partial charge in [0.2, 0.25) is 10.0 Å². The number of aryl methyl sites for hydroxylation is 1. The Morgan fingerprint density at radius 3 is 2.48 bits per heavy atom. The zero-order valence-corrected chi connectivity index (χ0v) is 17.5. The number of rotatable bonds is 6. The van der Waals surface area contributed by atoms with E-state index in [1.807, 2.05) is 52.0 Å². The van der Waals surface area contributed by atoms with Crippen molar-refractivity contribution in [2.75, 3.05) is 0 Å². The minimum atomic E-state index is -3.71. The summed E-state index contributed by atoms with van der Waals surface area (Å²) in [7, 11) is -3.71. The van der Waals surface area contributed by atoms with E-state index in [0.717, 1.165) is 28.0 Å². The third-order valence-electron chi connectivity index (χ3n) is 4.68. The van der Waals surface area contributed by atoms with Crippen molar-refractivity contribution in [1.82, 2.24) is 9.29 Å². The first-order valence-corrected chi connectivity index (χ1v) is 11.3. The number of nitrogens with one attached hydrogen (secondary N) is 1. The second-order valence-corrected chi connectivity index (χ2v) is 9.61. The maximum Gasteiger partial charge on any atom is 0.308 e. The zero-order chi connectivity index (χ0) is 19.8. The number of hydrogen-bond acceptors (Lipinski definition) is 4. The summed E-state index contributed by atoms with van der Waals surface area (Å²) in [6.45, 7) is 7.81. The lowest BCUT2D eigenvalue weighted by Gasteiger charge is -2.19. The Bertz CT molecular complexity index is 1130. The highest BCUT2D eigenvalue weighted by Gasteiger charge is 2.22. The van der Waals surface area contributed by atoms with Gasteiger partial charge in [0, 0.05) is 12.1 Å². The fourth-order valence-corrected chi connectivity index (χ4v) is 5.72. The van der Waals surface area contributed by atoms with Crippen molar-refractivity contribution in [3.05, 3.63) is 63.3 Å². The Morgan fingerprint density at radius 2 is 1.85 bits per heavy atom. The molecule has 0 unspecified atom stereocenters. The highest BCUT2D eigenvalue weighted by molar-refractivity contribution is 7.89. The molecule has 0 saturated carbocycles. The molecular formula is C20H24N2O3S2. The summed E-state index contributed by atoms with van der Waals surface area (Å²) < 4.78 is 31.1. The van der Waals surface area contributed by atoms with Crippen LogP contribution >= 0.6 is 11.3 Å². The first kappa shape index (κ1) is 19.8. The van der Waals surface area contributed by atoms with E-state index < -0.39 is 10.0 Å². The van der Waals surface area contributed by atoms with Gasteiger partial charge in [-0.05, 0) is 56.5 Å². The number of benzene rings is 2. The third kappa shape index (κ3) is 3.85. The number of fused-ring (bicyclic) bond motifs is 1. The van der Waals surface area contributed by atoms with E-state index in [-0.39, 0.29) is 21.9 Å². The predicted molar refractivity (Wildman–Crippen MR) is 111 cm³/mol. The van der Waals surface area contributed by atoms with Gasteiger partial charge in [-0.1, -0.05) is 42.5 Å². The van der Waals surface area contributed by atoms with Crippen molar-refractivity contribution < 1.29 is 8.42 Å². The summed E-state index contributed by atoms with van der Waals surface area (Å²) in [5.41, 5.74) is 2.79. The highest BCUT2D eigenvalue weighted by atomic mass is 32.2. The molecule has 144 valence electrons. The summed E-state index contributed by atoms with van der Waals surface area (Å²) >= 11 is 1.08. The van der Waals surface area contributed by atoms with Crippen LogP contribution in [0.2, 0.25) is 0 Å². The van der Waals surface area contributed by atoms with E-state index >= 15 is 0 Å². The van der Waals surface area contributed by atoms with Gasteiger partial charge in [0.15, 0.2) is 0 Å². The summed E-state index contributed by atoms with van der Waals surface area (Å²) in [5, 5.41) is 0. The van der Waals surface area contributed by atoms with Crippen molar-refractivity contribution in [1.29, 1.82) is 0 Å². The fraction of sp³-hybridized carbons (Fsp3) is 0.350. The molecule has 5 nitrogen and oxygen atoms in total. The number of nitrogens with zero attached hydrogens (tertiary/aromatic N) is 1. The molecule has 0 fully saturated rings. The van der Waals surface area contributed by atoms with E-state index in [9.17, 15) is 13.2 Å². The Labute approximate surface area is 163 Å². The Balaban J connectivity index is 1.99. The molecule has 1 N–H and O–H groups in total. The molecule has 0 saturated heterocycles. The summed E-state index contributed by atoms with van der Waals surface area (Å²) in [4.78, 5) is 12.3. The van der Waals surface area contributed by atoms with Crippen molar-refractivity contribution >= 4 is 31.6 Å². The van der Waals surface area contributed by atoms with Gasteiger partial charge in [0.1, 0.15) is 0 Å². The maximum atomic E-state index is 13.0. The van der Waals surface area contributed by atoms with Crippen LogP contribution in [0.25, 0.3) is 10.2 Å². The van der Waals surface area contributed by atoms with Gasteiger partial charge in [-0.3, -0.25) is 9.36 Å². The minimum absolute atomic E-state index is 0.0253. The molecule has 1 aromatic heterocycles. The number of hydrogen-bond donors (Lipinski definition) is 1. The summed E-state index contributed by atoms with van der Waals surface area (Å²) in [5.74, 6) is 0. The molecule has 1 atom stereocenters. The van der Waals surface area contributed by atoms with E-state index in [4.69, 9.17) is 0 Å². The molecule has 0 spiro atoms. The molecule has 0 bridgehead atoms. The van der Waals surface area contributed by atoms with E-state index in [2.05, 4.69) is 4.72 Å². The first-order chi connectivity index (χ1) is 12.7. The first-order valence-electron chi connectivity index (χ1n) is 8.97. The van der Waals surface area contributed by atoms with Gasteiger partial charge in [0.25, 0.3) is 0 Å². The van der Waals surface area contributed by atoms with Crippen LogP contribution in [-0.4, -0.2) is 13.0 Å². The van der Waals surface area contributed by atoms with Crippen LogP contribution in [0.3, 0.4) is 0 Å². The predicted octanol–water partition coefficient (Wildman–Crippen LogP) is 4.38. The van der Waals surface area contributed by atoms with Crippen LogP contribution in [0.1, 0.15) is 50.4 Å². The topological polar surface area (TPSA) is 68.2 Å². The smallest absolute Gasteiger partial charge is 0.296 e. The van der Waals surface area contributed by atoms with Crippen LogP contribution < -0.4 is 9.60 Å². The summed E-state index contributed by atoms with van der Waals surface area (Å²) in [6.07, 6.45) is 0.642. The van der Waals surface area contributed by atoms with Crippen LogP contribution in [0, 0.1) is 6.92 Å². The van der Waals surface area contributed by atoms with Gasteiger partial charge in [-0.2, -0.15) is 0 Å². The molecular weight excluding hydrogens is 380 g/mol. The van der Waals surface area contributed by atoms with Crippen molar-refractivity contribution in [3.63, 3.8) is 0 Å². The van der Waals surface area contributed by atoms with Crippen molar-refractivity contribution in [3.8, 4) is 0 Å². The van der Waals surface area contributed by atoms with Crippen molar-refractivity contribution in [2.24, 2.45) is 0 Å². The molecule has 1 heterocycles. The largest absolute Gasteiger partial charge is 0.308 e. The molecule has 27 heavy (non-hydrogen) atoms. The standard InChI is InChI=1S/C20H24N2O3S2/c1-5-17(16-9-7-6-8-14(16)4)21-27(24,25)15-10-11-18-19(12-15)26-20(23)22(18)13(2)3/h6-13,17,21H,5H2,1-4H3/t17-/m1/s1. The number of aromatic nitrogens is 1. The Hall–Kier alpha value is -1.96. The van der Waals surface area contributed by atoms with Gasteiger partial charge in [-0.25, -0.2) is 13.1 Å². The molecule has 0 aliphatic carbocycles. The second kappa shape index (κ2) is 7.58. The average Bonchev–Trinajstić information content (AvgIpc) is 2.95. The van der Waals surface area contributed by atoms with Gasteiger partial charge in [-0.15, -0.1) is 0 Å². The van der Waals surface area contributed by atoms with Crippen LogP contribution in [0.15, 0.2) is 52.2 Å². The van der Waals surface area contributed by atoms with Crippen LogP contribution in [0.4, 0.5) is 0 Å². The molecule has 3 aromatic rings. The van der Waals surface area contributed by atoms with Crippen LogP contribution in [-0.2, 0) is 10.0 Å². The Kier molecular flexibility index (Phi) is 5.55. The molecule has 7 heteroatoms. The molecule has 0 aliphatic heterocycles. The SMILES string of the molecule is CC[C@@H](NS(=O)(=O)c1ccc2c(c1)sc(=O)n2C(C)C)c1ccccc1C. The lowest BCUT2D eigenvalue weighted by atomic mass is 10.0. The Morgan fingerprint density at radius 1 is 1.15 bits per heavy atom. The highest BCUT2D eigenvalue weighted by Crippen LogP contribution is 2.26. The maximum absolute atomic E-state index is 13.0. The lowest BCUT2D eigenvalue weighted by Crippen LogP contribution is -2.28. The number of sulfonamides is 1. The third-order valence-corrected chi connectivity index (χ3v) is 7.07. The quantitative estimate of drug-likeness (QED) is 0.663. The van der Waals surface area contributed by atoms with Crippen molar-refractivity contribution in [2.45, 2.75) is 51.1 Å². The fourth-order valence-electron chi connectivity index (χ4n) is 3.27. The van der Waals surface area contributed by atoms with Gasteiger partial charge < -0.3 is 0 Å². The minimum Gasteiger partial charge on any atom is -0.296 e. The zero-order valence-electron chi connectivity index (χ0n) is 15.9. The summed E-state index contributed by atoms with van der Waals surface area (Å²) in [6, 6.07) is 12.4. The molecule has 0 amide bonds. The van der Waals surface area contributed by atoms with Gasteiger partial charge >= 0.3 is 4.87 Å². The average molecular weight is 405 g/mol. The molecule has 0 radical (unpaired) electrons. The second-order valence-electron chi connectivity index (χ2n) is 6.90. The monoisotopic (exact) mass is 404 g/mol. The molecule has 2 aromatic carbocycles. The molecule has 3 rings (SSSR count). The van der Waals surface area contributed by atoms with E-state index in [1.54, 1.807) is 22.8 Å². The normalized spacial score (nSPS) is 13.4. The van der Waals surface area contributed by atoms with Crippen LogP contribution in [0.5, 0.6) is 0 Å². The van der Waals surface area contributed by atoms with Gasteiger partial charge in [0.05, 0.1) is 15.1 Å². The van der Waals surface area contributed by atoms with E-state index in [1.165, 1.54) is 0 Å². The molecule has 0 aliphatic rings. The number of thiazole rings is 1.